The minimum Gasteiger partial charge on any atom is -0.441 e. The van der Waals surface area contributed by atoms with Crippen LogP contribution in [0.1, 0.15) is 42.7 Å². The van der Waals surface area contributed by atoms with Crippen molar-refractivity contribution in [3.8, 4) is 22.5 Å². The number of nitrogens with one attached hydrogen (secondary N) is 1. The van der Waals surface area contributed by atoms with Crippen LogP contribution >= 0.6 is 0 Å². The van der Waals surface area contributed by atoms with Crippen LogP contribution in [-0.4, -0.2) is 11.2 Å². The van der Waals surface area contributed by atoms with Crippen LogP contribution in [0.25, 0.3) is 22.5 Å². The number of hydrogen-bond donors (Lipinski definition) is 1. The van der Waals surface area contributed by atoms with Gasteiger partial charge in [-0.25, -0.2) is 4.79 Å². The van der Waals surface area contributed by atoms with E-state index in [2.05, 4.69) is 34.7 Å². The Labute approximate surface area is 221 Å². The van der Waals surface area contributed by atoms with Crippen LogP contribution in [-0.2, 0) is 4.74 Å². The predicted octanol–water partition coefficient (Wildman–Crippen LogP) is 4.35. The molecule has 0 radical (unpaired) electrons. The summed E-state index contributed by atoms with van der Waals surface area (Å²) in [7, 11) is 0. The zero-order chi connectivity index (χ0) is 22.8. The molecule has 0 unspecified atom stereocenters. The summed E-state index contributed by atoms with van der Waals surface area (Å²) in [5.74, 6) is 2.04. The summed E-state index contributed by atoms with van der Waals surface area (Å²) in [5, 5.41) is 6.86. The molecule has 0 spiro atoms. The molecule has 3 aromatic carbocycles. The summed E-state index contributed by atoms with van der Waals surface area (Å²) >= 11 is 0. The summed E-state index contributed by atoms with van der Waals surface area (Å²) in [4.78, 5) is 12.5. The van der Waals surface area contributed by atoms with E-state index in [0.717, 1.165) is 22.3 Å². The van der Waals surface area contributed by atoms with Crippen molar-refractivity contribution in [2.24, 2.45) is 0 Å². The van der Waals surface area contributed by atoms with Gasteiger partial charge in [-0.15, -0.1) is 12.1 Å². The average molecular weight is 461 g/mol. The van der Waals surface area contributed by atoms with E-state index in [1.165, 1.54) is 24.3 Å². The Hall–Kier alpha value is -2.99. The Balaban J connectivity index is 0.00000274. The Bertz CT molecular complexity index is 1250. The third-order valence-corrected chi connectivity index (χ3v) is 5.92. The average Bonchev–Trinajstić information content (AvgIpc) is 3.64. The van der Waals surface area contributed by atoms with Gasteiger partial charge >= 0.3 is 35.7 Å². The molecule has 1 aliphatic carbocycles. The monoisotopic (exact) mass is 460 g/mol. The van der Waals surface area contributed by atoms with Crippen LogP contribution in [0.5, 0.6) is 0 Å². The smallest absolute Gasteiger partial charge is 0.441 e. The maximum atomic E-state index is 12.5. The SMILES string of the molecule is Cc1noc(-c2ccc(-c3ccc([C-]4CC4)cc3)cc2)c1NC(=O)O[C@H](C)c1ccccc1.[Na+]. The number of ether oxygens (including phenoxy) is 1. The molecule has 166 valence electrons. The molecule has 5 rings (SSSR count). The van der Waals surface area contributed by atoms with Gasteiger partial charge in [0, 0.05) is 5.56 Å². The van der Waals surface area contributed by atoms with Crippen LogP contribution in [0.4, 0.5) is 10.5 Å². The van der Waals surface area contributed by atoms with Crippen LogP contribution in [0, 0.1) is 12.8 Å². The van der Waals surface area contributed by atoms with Crippen molar-refractivity contribution < 1.29 is 43.6 Å². The Morgan fingerprint density at radius 1 is 0.941 bits per heavy atom. The standard InChI is InChI=1S/C28H25N2O3.Na/c1-18-26(29-28(31)32-19(2)20-6-4-3-5-7-20)27(33-30-18)25-16-14-24(15-17-25)23-12-10-22(11-13-23)21-8-9-21;/h3-7,10-17,19H,8-9H2,1-2H3,(H,29,31);/q-1;+1/t19-;/m1./s1. The van der Waals surface area contributed by atoms with Gasteiger partial charge in [-0.2, -0.15) is 23.6 Å². The van der Waals surface area contributed by atoms with Crippen molar-refractivity contribution >= 4 is 11.8 Å². The molecule has 1 aromatic heterocycles. The zero-order valence-electron chi connectivity index (χ0n) is 19.7. The molecule has 1 N–H and O–H groups in total. The van der Waals surface area contributed by atoms with Gasteiger partial charge in [-0.3, -0.25) is 5.32 Å². The normalized spacial score (nSPS) is 13.1. The number of nitrogens with zero attached hydrogens (tertiary/aromatic N) is 1. The fraction of sp³-hybridized carbons (Fsp3) is 0.179. The van der Waals surface area contributed by atoms with E-state index in [4.69, 9.17) is 9.26 Å². The third kappa shape index (κ3) is 5.39. The molecule has 1 amide bonds. The second-order valence-corrected chi connectivity index (χ2v) is 8.31. The number of anilines is 1. The fourth-order valence-corrected chi connectivity index (χ4v) is 3.86. The van der Waals surface area contributed by atoms with Crippen LogP contribution in [0.2, 0.25) is 0 Å². The van der Waals surface area contributed by atoms with Crippen molar-refractivity contribution in [3.63, 3.8) is 0 Å². The molecule has 0 aliphatic heterocycles. The first-order valence-electron chi connectivity index (χ1n) is 11.1. The molecule has 0 bridgehead atoms. The molecule has 1 saturated carbocycles. The fourth-order valence-electron chi connectivity index (χ4n) is 3.86. The third-order valence-electron chi connectivity index (χ3n) is 5.92. The van der Waals surface area contributed by atoms with E-state index in [9.17, 15) is 4.79 Å². The van der Waals surface area contributed by atoms with Gasteiger partial charge in [0.25, 0.3) is 0 Å². The second-order valence-electron chi connectivity index (χ2n) is 8.31. The van der Waals surface area contributed by atoms with Gasteiger partial charge in [0.05, 0.1) is 0 Å². The van der Waals surface area contributed by atoms with Crippen LogP contribution in [0.3, 0.4) is 0 Å². The molecule has 1 heterocycles. The van der Waals surface area contributed by atoms with E-state index in [1.807, 2.05) is 61.5 Å². The second kappa shape index (κ2) is 10.5. The first-order valence-corrected chi connectivity index (χ1v) is 11.1. The largest absolute Gasteiger partial charge is 1.00 e. The number of amides is 1. The van der Waals surface area contributed by atoms with E-state index in [0.29, 0.717) is 17.1 Å². The molecular formula is C28H25N2NaO3. The summed E-state index contributed by atoms with van der Waals surface area (Å²) in [6.07, 6.45) is 1.52. The van der Waals surface area contributed by atoms with Gasteiger partial charge in [0.15, 0.2) is 5.76 Å². The van der Waals surface area contributed by atoms with Crippen LogP contribution in [0.15, 0.2) is 83.4 Å². The van der Waals surface area contributed by atoms with E-state index >= 15 is 0 Å². The number of rotatable bonds is 6. The minimum absolute atomic E-state index is 0. The maximum absolute atomic E-state index is 12.5. The van der Waals surface area contributed by atoms with Gasteiger partial charge in [-0.1, -0.05) is 72.6 Å². The molecule has 34 heavy (non-hydrogen) atoms. The first-order chi connectivity index (χ1) is 16.1. The molecule has 6 heteroatoms. The summed E-state index contributed by atoms with van der Waals surface area (Å²) in [6, 6.07) is 26.3. The van der Waals surface area contributed by atoms with Gasteiger partial charge in [0.2, 0.25) is 0 Å². The number of aromatic nitrogens is 1. The van der Waals surface area contributed by atoms with E-state index in [-0.39, 0.29) is 35.7 Å². The Morgan fingerprint density at radius 2 is 1.53 bits per heavy atom. The summed E-state index contributed by atoms with van der Waals surface area (Å²) in [5.41, 5.74) is 6.48. The van der Waals surface area contributed by atoms with Gasteiger partial charge in [0.1, 0.15) is 17.5 Å². The maximum Gasteiger partial charge on any atom is 1.00 e. The Morgan fingerprint density at radius 3 is 2.15 bits per heavy atom. The summed E-state index contributed by atoms with van der Waals surface area (Å²) < 4.78 is 11.1. The molecule has 5 nitrogen and oxygen atoms in total. The van der Waals surface area contributed by atoms with Crippen molar-refractivity contribution in [1.82, 2.24) is 5.16 Å². The topological polar surface area (TPSA) is 64.4 Å². The van der Waals surface area contributed by atoms with Crippen molar-refractivity contribution in [3.05, 3.63) is 102 Å². The minimum atomic E-state index is -0.552. The number of hydrogen-bond acceptors (Lipinski definition) is 4. The molecule has 1 atom stereocenters. The van der Waals surface area contributed by atoms with Crippen molar-refractivity contribution in [2.75, 3.05) is 5.32 Å². The number of benzene rings is 3. The quantitative estimate of drug-likeness (QED) is 0.343. The number of aryl methyl sites for hydroxylation is 1. The van der Waals surface area contributed by atoms with Crippen molar-refractivity contribution in [2.45, 2.75) is 32.8 Å². The van der Waals surface area contributed by atoms with E-state index in [1.54, 1.807) is 6.92 Å². The van der Waals surface area contributed by atoms with Gasteiger partial charge in [-0.05, 0) is 30.5 Å². The number of carbonyl (C=O) groups excluding carboxylic acids is 1. The Kier molecular flexibility index (Phi) is 7.47. The summed E-state index contributed by atoms with van der Waals surface area (Å²) in [6.45, 7) is 3.63. The molecular weight excluding hydrogens is 435 g/mol. The predicted molar refractivity (Wildman–Crippen MR) is 129 cm³/mol. The zero-order valence-corrected chi connectivity index (χ0v) is 21.7. The van der Waals surface area contributed by atoms with Crippen LogP contribution < -0.4 is 34.9 Å². The molecule has 1 aliphatic rings. The van der Waals surface area contributed by atoms with Gasteiger partial charge < -0.3 is 9.26 Å². The molecule has 0 saturated heterocycles. The van der Waals surface area contributed by atoms with Crippen molar-refractivity contribution in [1.29, 1.82) is 0 Å². The van der Waals surface area contributed by atoms with E-state index < -0.39 is 6.09 Å². The molecule has 4 aromatic rings. The number of carbonyl (C=O) groups is 1. The molecule has 1 fully saturated rings. The first kappa shape index (κ1) is 24.1.